The second kappa shape index (κ2) is 6.27. The summed E-state index contributed by atoms with van der Waals surface area (Å²) in [6.45, 7) is 0.630. The molecule has 1 aromatic carbocycles. The van der Waals surface area contributed by atoms with Crippen molar-refractivity contribution in [1.82, 2.24) is 10.2 Å². The van der Waals surface area contributed by atoms with Crippen molar-refractivity contribution in [2.24, 2.45) is 0 Å². The smallest absolute Gasteiger partial charge is 0.315 e. The van der Waals surface area contributed by atoms with Gasteiger partial charge in [-0.15, -0.1) is 16.7 Å². The fourth-order valence-corrected chi connectivity index (χ4v) is 2.02. The van der Waals surface area contributed by atoms with Crippen LogP contribution in [0.2, 0.25) is 10.0 Å². The summed E-state index contributed by atoms with van der Waals surface area (Å²) in [4.78, 5) is 0. The van der Waals surface area contributed by atoms with Gasteiger partial charge < -0.3 is 9.73 Å². The molecule has 2 rings (SSSR count). The molecule has 1 aromatic heterocycles. The Balaban J connectivity index is 1.88. The lowest BCUT2D eigenvalue weighted by Gasteiger charge is -2.04. The summed E-state index contributed by atoms with van der Waals surface area (Å²) in [6.07, 6.45) is 0.731. The maximum atomic E-state index is 6.06. The molecule has 0 saturated carbocycles. The van der Waals surface area contributed by atoms with Crippen LogP contribution in [0.15, 0.2) is 22.6 Å². The van der Waals surface area contributed by atoms with Gasteiger partial charge in [0.15, 0.2) is 0 Å². The van der Waals surface area contributed by atoms with Gasteiger partial charge in [-0.2, -0.15) is 0 Å². The van der Waals surface area contributed by atoms with E-state index in [9.17, 15) is 0 Å². The van der Waals surface area contributed by atoms with Gasteiger partial charge in [0, 0.05) is 16.6 Å². The second-order valence-corrected chi connectivity index (χ2v) is 4.66. The van der Waals surface area contributed by atoms with Crippen molar-refractivity contribution in [2.75, 3.05) is 11.9 Å². The first-order valence-corrected chi connectivity index (χ1v) is 6.54. The zero-order chi connectivity index (χ0) is 13.0. The third-order valence-corrected chi connectivity index (χ3v) is 3.08. The predicted molar refractivity (Wildman–Crippen MR) is 72.5 cm³/mol. The highest BCUT2D eigenvalue weighted by Gasteiger charge is 2.05. The second-order valence-electron chi connectivity index (χ2n) is 3.55. The Hall–Kier alpha value is -0.970. The maximum absolute atomic E-state index is 6.06. The molecule has 0 radical (unpaired) electrons. The van der Waals surface area contributed by atoms with Crippen molar-refractivity contribution in [3.63, 3.8) is 0 Å². The van der Waals surface area contributed by atoms with E-state index in [0.29, 0.717) is 28.5 Å². The molecule has 0 atom stereocenters. The van der Waals surface area contributed by atoms with Gasteiger partial charge in [0.05, 0.1) is 0 Å². The third kappa shape index (κ3) is 3.51. The summed E-state index contributed by atoms with van der Waals surface area (Å²) in [5, 5.41) is 11.8. The van der Waals surface area contributed by atoms with Crippen LogP contribution in [0, 0.1) is 0 Å². The number of anilines is 1. The molecule has 2 aromatic rings. The molecule has 1 N–H and O–H groups in total. The Morgan fingerprint density at radius 1 is 1.22 bits per heavy atom. The molecule has 0 unspecified atom stereocenters. The number of aromatic nitrogens is 2. The average Bonchev–Trinajstić information content (AvgIpc) is 2.80. The number of nitrogens with zero attached hydrogens (tertiary/aromatic N) is 2. The maximum Gasteiger partial charge on any atom is 0.315 e. The van der Waals surface area contributed by atoms with Crippen LogP contribution in [0.3, 0.4) is 0 Å². The fourth-order valence-electron chi connectivity index (χ4n) is 1.41. The van der Waals surface area contributed by atoms with E-state index in [2.05, 4.69) is 15.5 Å². The number of benzene rings is 1. The van der Waals surface area contributed by atoms with Crippen molar-refractivity contribution in [2.45, 2.75) is 12.3 Å². The van der Waals surface area contributed by atoms with Gasteiger partial charge in [0.2, 0.25) is 5.89 Å². The van der Waals surface area contributed by atoms with Crippen LogP contribution >= 0.6 is 34.8 Å². The number of alkyl halides is 1. The molecule has 0 bridgehead atoms. The number of rotatable bonds is 5. The van der Waals surface area contributed by atoms with Crippen LogP contribution in [0.25, 0.3) is 0 Å². The summed E-state index contributed by atoms with van der Waals surface area (Å²) in [5.74, 6) is 0.598. The van der Waals surface area contributed by atoms with Crippen molar-refractivity contribution >= 4 is 40.8 Å². The Morgan fingerprint density at radius 2 is 2.06 bits per heavy atom. The molecule has 7 heteroatoms. The largest absolute Gasteiger partial charge is 0.407 e. The Bertz CT molecular complexity index is 530. The summed E-state index contributed by atoms with van der Waals surface area (Å²) >= 11 is 17.4. The minimum atomic E-state index is 0.206. The Kier molecular flexibility index (Phi) is 4.69. The Labute approximate surface area is 119 Å². The van der Waals surface area contributed by atoms with Crippen LogP contribution < -0.4 is 5.32 Å². The molecular weight excluding hydrogens is 296 g/mol. The molecule has 0 spiro atoms. The average molecular weight is 307 g/mol. The highest BCUT2D eigenvalue weighted by molar-refractivity contribution is 6.35. The lowest BCUT2D eigenvalue weighted by Crippen LogP contribution is -2.05. The third-order valence-electron chi connectivity index (χ3n) is 2.27. The standard InChI is InChI=1S/C11H10Cl3N3O/c12-6-10-16-17-11(18-10)15-4-3-7-1-2-8(13)5-9(7)14/h1-2,5H,3-4,6H2,(H,15,17). The van der Waals surface area contributed by atoms with E-state index in [4.69, 9.17) is 39.2 Å². The summed E-state index contributed by atoms with van der Waals surface area (Å²) in [5.41, 5.74) is 1.01. The topological polar surface area (TPSA) is 51.0 Å². The zero-order valence-electron chi connectivity index (χ0n) is 9.29. The lowest BCUT2D eigenvalue weighted by molar-refractivity contribution is 0.525. The molecule has 1 heterocycles. The van der Waals surface area contributed by atoms with E-state index >= 15 is 0 Å². The summed E-state index contributed by atoms with van der Waals surface area (Å²) in [6, 6.07) is 5.78. The number of nitrogens with one attached hydrogen (secondary N) is 1. The SMILES string of the molecule is ClCc1nnc(NCCc2ccc(Cl)cc2Cl)o1. The van der Waals surface area contributed by atoms with E-state index in [1.807, 2.05) is 6.07 Å². The lowest BCUT2D eigenvalue weighted by atomic mass is 10.1. The van der Waals surface area contributed by atoms with E-state index in [1.54, 1.807) is 12.1 Å². The van der Waals surface area contributed by atoms with Crippen LogP contribution in [0.4, 0.5) is 6.01 Å². The van der Waals surface area contributed by atoms with Crippen LogP contribution in [0.1, 0.15) is 11.5 Å². The molecule has 18 heavy (non-hydrogen) atoms. The zero-order valence-corrected chi connectivity index (χ0v) is 11.6. The molecule has 0 aliphatic carbocycles. The van der Waals surface area contributed by atoms with Gasteiger partial charge in [-0.05, 0) is 24.1 Å². The van der Waals surface area contributed by atoms with Gasteiger partial charge in [-0.25, -0.2) is 0 Å². The number of hydrogen-bond donors (Lipinski definition) is 1. The Morgan fingerprint density at radius 3 is 2.72 bits per heavy atom. The van der Waals surface area contributed by atoms with Crippen LogP contribution in [0.5, 0.6) is 0 Å². The molecule has 0 amide bonds. The highest BCUT2D eigenvalue weighted by Crippen LogP contribution is 2.21. The molecular formula is C11H10Cl3N3O. The molecule has 0 aliphatic heterocycles. The summed E-state index contributed by atoms with van der Waals surface area (Å²) in [7, 11) is 0. The molecule has 0 aliphatic rings. The first kappa shape index (κ1) is 13.5. The fraction of sp³-hybridized carbons (Fsp3) is 0.273. The van der Waals surface area contributed by atoms with E-state index in [0.717, 1.165) is 12.0 Å². The monoisotopic (exact) mass is 305 g/mol. The predicted octanol–water partition coefficient (Wildman–Crippen LogP) is 3.77. The van der Waals surface area contributed by atoms with Crippen molar-refractivity contribution in [3.8, 4) is 0 Å². The van der Waals surface area contributed by atoms with Crippen LogP contribution in [-0.2, 0) is 12.3 Å². The first-order chi connectivity index (χ1) is 8.69. The van der Waals surface area contributed by atoms with Gasteiger partial charge in [-0.1, -0.05) is 34.4 Å². The first-order valence-electron chi connectivity index (χ1n) is 5.25. The highest BCUT2D eigenvalue weighted by atomic mass is 35.5. The minimum Gasteiger partial charge on any atom is -0.407 e. The van der Waals surface area contributed by atoms with Gasteiger partial charge in [0.1, 0.15) is 5.88 Å². The minimum absolute atomic E-state index is 0.206. The van der Waals surface area contributed by atoms with Crippen molar-refractivity contribution in [3.05, 3.63) is 39.7 Å². The molecule has 96 valence electrons. The van der Waals surface area contributed by atoms with E-state index < -0.39 is 0 Å². The quantitative estimate of drug-likeness (QED) is 0.854. The van der Waals surface area contributed by atoms with Gasteiger partial charge >= 0.3 is 6.01 Å². The van der Waals surface area contributed by atoms with Crippen molar-refractivity contribution in [1.29, 1.82) is 0 Å². The van der Waals surface area contributed by atoms with Gasteiger partial charge in [-0.3, -0.25) is 0 Å². The van der Waals surface area contributed by atoms with E-state index in [-0.39, 0.29) is 5.88 Å². The molecule has 0 saturated heterocycles. The molecule has 0 fully saturated rings. The van der Waals surface area contributed by atoms with E-state index in [1.165, 1.54) is 0 Å². The van der Waals surface area contributed by atoms with Crippen LogP contribution in [-0.4, -0.2) is 16.7 Å². The van der Waals surface area contributed by atoms with Crippen molar-refractivity contribution < 1.29 is 4.42 Å². The number of halogens is 3. The summed E-state index contributed by atoms with van der Waals surface area (Å²) < 4.78 is 5.20. The number of hydrogen-bond acceptors (Lipinski definition) is 4. The normalized spacial score (nSPS) is 10.6. The molecule has 4 nitrogen and oxygen atoms in total. The van der Waals surface area contributed by atoms with Gasteiger partial charge in [0.25, 0.3) is 0 Å².